The van der Waals surface area contributed by atoms with Crippen LogP contribution in [0.15, 0.2) is 22.7 Å². The Labute approximate surface area is 124 Å². The minimum Gasteiger partial charge on any atom is -0.310 e. The lowest BCUT2D eigenvalue weighted by molar-refractivity contribution is 0.661. The minimum atomic E-state index is 0.732. The largest absolute Gasteiger partial charge is 0.310 e. The van der Waals surface area contributed by atoms with Crippen molar-refractivity contribution < 1.29 is 0 Å². The van der Waals surface area contributed by atoms with Crippen LogP contribution in [0.2, 0.25) is 0 Å². The zero-order chi connectivity index (χ0) is 13.1. The van der Waals surface area contributed by atoms with E-state index in [2.05, 4.69) is 78.7 Å². The predicted molar refractivity (Wildman–Crippen MR) is 80.8 cm³/mol. The molecule has 2 rings (SSSR count). The van der Waals surface area contributed by atoms with Crippen molar-refractivity contribution in [2.45, 2.75) is 32.1 Å². The molecule has 1 heterocycles. The van der Waals surface area contributed by atoms with Gasteiger partial charge in [-0.25, -0.2) is 0 Å². The molecule has 0 aliphatic rings. The van der Waals surface area contributed by atoms with Crippen LogP contribution in [0, 0.1) is 6.92 Å². The molecule has 1 aromatic heterocycles. The standard InChI is InChI=1S/C13H15Br2N3/c1-3-6-18-12(8-14)16-17-13(18)10-4-5-11(15)9(2)7-10/h4-5,7H,3,6,8H2,1-2H3. The Morgan fingerprint density at radius 2 is 2.06 bits per heavy atom. The van der Waals surface area contributed by atoms with E-state index in [-0.39, 0.29) is 0 Å². The van der Waals surface area contributed by atoms with Crippen LogP contribution >= 0.6 is 31.9 Å². The van der Waals surface area contributed by atoms with Gasteiger partial charge in [-0.3, -0.25) is 0 Å². The lowest BCUT2D eigenvalue weighted by Crippen LogP contribution is -2.03. The minimum absolute atomic E-state index is 0.732. The highest BCUT2D eigenvalue weighted by atomic mass is 79.9. The topological polar surface area (TPSA) is 30.7 Å². The number of alkyl halides is 1. The maximum Gasteiger partial charge on any atom is 0.163 e. The summed E-state index contributed by atoms with van der Waals surface area (Å²) >= 11 is 6.98. The van der Waals surface area contributed by atoms with Crippen LogP contribution in [0.3, 0.4) is 0 Å². The molecule has 0 saturated carbocycles. The Hall–Kier alpha value is -0.680. The molecule has 2 aromatic rings. The van der Waals surface area contributed by atoms with Crippen molar-refractivity contribution in [3.63, 3.8) is 0 Å². The monoisotopic (exact) mass is 371 g/mol. The number of hydrogen-bond donors (Lipinski definition) is 0. The van der Waals surface area contributed by atoms with E-state index in [1.807, 2.05) is 0 Å². The third-order valence-electron chi connectivity index (χ3n) is 2.81. The first-order valence-corrected chi connectivity index (χ1v) is 7.83. The summed E-state index contributed by atoms with van der Waals surface area (Å²) in [6.07, 6.45) is 1.07. The van der Waals surface area contributed by atoms with Crippen molar-refractivity contribution in [1.29, 1.82) is 0 Å². The first kappa shape index (κ1) is 13.7. The number of aryl methyl sites for hydroxylation is 1. The summed E-state index contributed by atoms with van der Waals surface area (Å²) < 4.78 is 3.30. The van der Waals surface area contributed by atoms with Crippen LogP contribution in [0.25, 0.3) is 11.4 Å². The van der Waals surface area contributed by atoms with E-state index in [4.69, 9.17) is 0 Å². The predicted octanol–water partition coefficient (Wildman–Crippen LogP) is 4.32. The Morgan fingerprint density at radius 3 is 2.67 bits per heavy atom. The fraction of sp³-hybridized carbons (Fsp3) is 0.385. The van der Waals surface area contributed by atoms with E-state index in [1.165, 1.54) is 5.56 Å². The normalized spacial score (nSPS) is 10.9. The van der Waals surface area contributed by atoms with E-state index in [0.717, 1.165) is 40.0 Å². The van der Waals surface area contributed by atoms with Gasteiger partial charge in [0.2, 0.25) is 0 Å². The maximum absolute atomic E-state index is 4.31. The molecule has 18 heavy (non-hydrogen) atoms. The molecule has 96 valence electrons. The van der Waals surface area contributed by atoms with E-state index in [9.17, 15) is 0 Å². The molecular formula is C13H15Br2N3. The summed E-state index contributed by atoms with van der Waals surface area (Å²) in [5.41, 5.74) is 2.32. The molecule has 0 N–H and O–H groups in total. The zero-order valence-electron chi connectivity index (χ0n) is 10.5. The zero-order valence-corrected chi connectivity index (χ0v) is 13.6. The third kappa shape index (κ3) is 2.67. The summed E-state index contributed by atoms with van der Waals surface area (Å²) in [6.45, 7) is 5.19. The number of aromatic nitrogens is 3. The third-order valence-corrected chi connectivity index (χ3v) is 4.20. The summed E-state index contributed by atoms with van der Waals surface area (Å²) in [6, 6.07) is 6.27. The van der Waals surface area contributed by atoms with Gasteiger partial charge in [-0.1, -0.05) is 44.8 Å². The quantitative estimate of drug-likeness (QED) is 0.748. The second kappa shape index (κ2) is 5.97. The summed E-state index contributed by atoms with van der Waals surface area (Å²) in [5.74, 6) is 1.93. The van der Waals surface area contributed by atoms with Crippen molar-refractivity contribution in [1.82, 2.24) is 14.8 Å². The molecule has 0 radical (unpaired) electrons. The lowest BCUT2D eigenvalue weighted by atomic mass is 10.1. The first-order chi connectivity index (χ1) is 8.67. The molecule has 0 amide bonds. The SMILES string of the molecule is CCCn1c(CBr)nnc1-c1ccc(Br)c(C)c1. The van der Waals surface area contributed by atoms with Crippen LogP contribution in [0.4, 0.5) is 0 Å². The van der Waals surface area contributed by atoms with Gasteiger partial charge in [-0.2, -0.15) is 0 Å². The van der Waals surface area contributed by atoms with Crippen LogP contribution in [0.1, 0.15) is 24.7 Å². The van der Waals surface area contributed by atoms with Gasteiger partial charge in [-0.05, 0) is 31.0 Å². The van der Waals surface area contributed by atoms with Gasteiger partial charge in [0.05, 0.1) is 5.33 Å². The van der Waals surface area contributed by atoms with Gasteiger partial charge in [-0.15, -0.1) is 10.2 Å². The van der Waals surface area contributed by atoms with Crippen LogP contribution in [0.5, 0.6) is 0 Å². The van der Waals surface area contributed by atoms with Crippen molar-refractivity contribution in [2.75, 3.05) is 0 Å². The highest BCUT2D eigenvalue weighted by Gasteiger charge is 2.12. The Kier molecular flexibility index (Phi) is 4.56. The molecule has 0 bridgehead atoms. The molecule has 0 atom stereocenters. The van der Waals surface area contributed by atoms with Gasteiger partial charge in [0.1, 0.15) is 5.82 Å². The molecule has 0 saturated heterocycles. The molecule has 0 spiro atoms. The first-order valence-electron chi connectivity index (χ1n) is 5.92. The number of rotatable bonds is 4. The Bertz CT molecular complexity index is 549. The molecular weight excluding hydrogens is 358 g/mol. The maximum atomic E-state index is 4.31. The van der Waals surface area contributed by atoms with Crippen LogP contribution < -0.4 is 0 Å². The number of halogens is 2. The van der Waals surface area contributed by atoms with Gasteiger partial charge >= 0.3 is 0 Å². The van der Waals surface area contributed by atoms with Gasteiger partial charge in [0, 0.05) is 16.6 Å². The van der Waals surface area contributed by atoms with Crippen LogP contribution in [-0.4, -0.2) is 14.8 Å². The van der Waals surface area contributed by atoms with Crippen LogP contribution in [-0.2, 0) is 11.9 Å². The van der Waals surface area contributed by atoms with Crippen molar-refractivity contribution in [3.8, 4) is 11.4 Å². The summed E-state index contributed by atoms with van der Waals surface area (Å²) in [7, 11) is 0. The molecule has 5 heteroatoms. The molecule has 0 unspecified atom stereocenters. The smallest absolute Gasteiger partial charge is 0.163 e. The van der Waals surface area contributed by atoms with Crippen molar-refractivity contribution in [2.24, 2.45) is 0 Å². The molecule has 0 fully saturated rings. The van der Waals surface area contributed by atoms with Gasteiger partial charge < -0.3 is 4.57 Å². The summed E-state index contributed by atoms with van der Waals surface area (Å²) in [5, 5.41) is 9.28. The number of hydrogen-bond acceptors (Lipinski definition) is 2. The highest BCUT2D eigenvalue weighted by molar-refractivity contribution is 9.10. The molecule has 1 aromatic carbocycles. The Morgan fingerprint density at radius 1 is 1.28 bits per heavy atom. The van der Waals surface area contributed by atoms with Crippen molar-refractivity contribution >= 4 is 31.9 Å². The van der Waals surface area contributed by atoms with Gasteiger partial charge in [0.15, 0.2) is 5.82 Å². The highest BCUT2D eigenvalue weighted by Crippen LogP contribution is 2.25. The fourth-order valence-corrected chi connectivity index (χ4v) is 2.55. The average molecular weight is 373 g/mol. The van der Waals surface area contributed by atoms with E-state index in [1.54, 1.807) is 0 Å². The van der Waals surface area contributed by atoms with E-state index < -0.39 is 0 Å². The Balaban J connectivity index is 2.49. The van der Waals surface area contributed by atoms with Crippen molar-refractivity contribution in [3.05, 3.63) is 34.1 Å². The fourth-order valence-electron chi connectivity index (χ4n) is 1.89. The summed E-state index contributed by atoms with van der Waals surface area (Å²) in [4.78, 5) is 0. The lowest BCUT2D eigenvalue weighted by Gasteiger charge is -2.08. The molecule has 0 aliphatic heterocycles. The number of benzene rings is 1. The average Bonchev–Trinajstić information content (AvgIpc) is 2.76. The molecule has 0 aliphatic carbocycles. The van der Waals surface area contributed by atoms with E-state index >= 15 is 0 Å². The number of nitrogens with zero attached hydrogens (tertiary/aromatic N) is 3. The molecule has 3 nitrogen and oxygen atoms in total. The second-order valence-corrected chi connectivity index (χ2v) is 5.60. The second-order valence-electron chi connectivity index (χ2n) is 4.19. The van der Waals surface area contributed by atoms with Gasteiger partial charge in [0.25, 0.3) is 0 Å². The van der Waals surface area contributed by atoms with E-state index in [0.29, 0.717) is 0 Å².